The van der Waals surface area contributed by atoms with E-state index in [0.29, 0.717) is 12.1 Å². The summed E-state index contributed by atoms with van der Waals surface area (Å²) in [7, 11) is 0. The summed E-state index contributed by atoms with van der Waals surface area (Å²) in [6.07, 6.45) is 3.39. The molecule has 130 valence electrons. The van der Waals surface area contributed by atoms with Gasteiger partial charge in [0.15, 0.2) is 0 Å². The first kappa shape index (κ1) is 16.3. The van der Waals surface area contributed by atoms with Gasteiger partial charge in [0.05, 0.1) is 0 Å². The molecule has 2 aromatic rings. The fourth-order valence-corrected chi connectivity index (χ4v) is 4.00. The van der Waals surface area contributed by atoms with E-state index in [1.807, 2.05) is 47.4 Å². The lowest BCUT2D eigenvalue weighted by Crippen LogP contribution is -2.62. The average molecular weight is 335 g/mol. The normalized spacial score (nSPS) is 18.8. The van der Waals surface area contributed by atoms with Gasteiger partial charge in [0, 0.05) is 30.7 Å². The standard InChI is InChI=1S/C21H25N3O/c22-15-18-3-1-2-4-19(18)16-5-7-17(8-6-16)20(25)24-13-10-21(11-14-24)9-12-23-21/h1-8,23H,9-15,22H2. The quantitative estimate of drug-likeness (QED) is 0.907. The third-order valence-electron chi connectivity index (χ3n) is 5.79. The summed E-state index contributed by atoms with van der Waals surface area (Å²) in [6.45, 7) is 3.34. The molecule has 0 atom stereocenters. The van der Waals surface area contributed by atoms with Gasteiger partial charge in [-0.3, -0.25) is 4.79 Å². The Bertz CT molecular complexity index is 755. The predicted octanol–water partition coefficient (Wildman–Crippen LogP) is 2.78. The molecular formula is C21H25N3O. The van der Waals surface area contributed by atoms with Gasteiger partial charge in [0.25, 0.3) is 5.91 Å². The van der Waals surface area contributed by atoms with Crippen molar-refractivity contribution in [2.75, 3.05) is 19.6 Å². The van der Waals surface area contributed by atoms with E-state index in [1.165, 1.54) is 6.42 Å². The number of benzene rings is 2. The van der Waals surface area contributed by atoms with Crippen molar-refractivity contribution in [3.8, 4) is 11.1 Å². The SMILES string of the molecule is NCc1ccccc1-c1ccc(C(=O)N2CCC3(CCN3)CC2)cc1. The third-order valence-corrected chi connectivity index (χ3v) is 5.79. The number of hydrogen-bond donors (Lipinski definition) is 2. The van der Waals surface area contributed by atoms with E-state index in [9.17, 15) is 4.79 Å². The molecule has 4 rings (SSSR count). The van der Waals surface area contributed by atoms with Crippen molar-refractivity contribution in [1.29, 1.82) is 0 Å². The zero-order valence-electron chi connectivity index (χ0n) is 14.5. The number of amides is 1. The summed E-state index contributed by atoms with van der Waals surface area (Å²) in [4.78, 5) is 14.8. The van der Waals surface area contributed by atoms with E-state index in [-0.39, 0.29) is 5.91 Å². The molecule has 0 saturated carbocycles. The number of hydrogen-bond acceptors (Lipinski definition) is 3. The van der Waals surface area contributed by atoms with Gasteiger partial charge in [0.2, 0.25) is 0 Å². The summed E-state index contributed by atoms with van der Waals surface area (Å²) >= 11 is 0. The summed E-state index contributed by atoms with van der Waals surface area (Å²) in [5.74, 6) is 0.146. The van der Waals surface area contributed by atoms with Crippen LogP contribution >= 0.6 is 0 Å². The number of likely N-dealkylation sites (tertiary alicyclic amines) is 1. The highest BCUT2D eigenvalue weighted by Gasteiger charge is 2.40. The van der Waals surface area contributed by atoms with Crippen LogP contribution in [0.4, 0.5) is 0 Å². The maximum atomic E-state index is 12.8. The Balaban J connectivity index is 1.47. The minimum absolute atomic E-state index is 0.146. The summed E-state index contributed by atoms with van der Waals surface area (Å²) in [6, 6.07) is 16.1. The van der Waals surface area contributed by atoms with Crippen LogP contribution in [0.5, 0.6) is 0 Å². The van der Waals surface area contributed by atoms with E-state index < -0.39 is 0 Å². The summed E-state index contributed by atoms with van der Waals surface area (Å²) in [5, 5.41) is 3.55. The molecule has 2 saturated heterocycles. The molecule has 2 heterocycles. The Morgan fingerprint density at radius 3 is 2.32 bits per heavy atom. The highest BCUT2D eigenvalue weighted by molar-refractivity contribution is 5.94. The van der Waals surface area contributed by atoms with Crippen molar-refractivity contribution in [2.24, 2.45) is 5.73 Å². The van der Waals surface area contributed by atoms with Gasteiger partial charge >= 0.3 is 0 Å². The molecule has 2 aliphatic heterocycles. The van der Waals surface area contributed by atoms with Crippen molar-refractivity contribution in [3.05, 3.63) is 59.7 Å². The summed E-state index contributed by atoms with van der Waals surface area (Å²) < 4.78 is 0. The first-order chi connectivity index (χ1) is 12.2. The van der Waals surface area contributed by atoms with Crippen LogP contribution in [0.25, 0.3) is 11.1 Å². The highest BCUT2D eigenvalue weighted by atomic mass is 16.2. The van der Waals surface area contributed by atoms with Crippen molar-refractivity contribution >= 4 is 5.91 Å². The largest absolute Gasteiger partial charge is 0.339 e. The van der Waals surface area contributed by atoms with Gasteiger partial charge in [-0.2, -0.15) is 0 Å². The Kier molecular flexibility index (Phi) is 4.32. The van der Waals surface area contributed by atoms with E-state index in [1.54, 1.807) is 0 Å². The van der Waals surface area contributed by atoms with Crippen LogP contribution in [0.2, 0.25) is 0 Å². The lowest BCUT2D eigenvalue weighted by atomic mass is 9.79. The Hall–Kier alpha value is -2.17. The van der Waals surface area contributed by atoms with E-state index >= 15 is 0 Å². The van der Waals surface area contributed by atoms with Gasteiger partial charge in [-0.25, -0.2) is 0 Å². The molecule has 0 bridgehead atoms. The van der Waals surface area contributed by atoms with Gasteiger partial charge < -0.3 is 16.0 Å². The molecule has 2 aliphatic rings. The first-order valence-corrected chi connectivity index (χ1v) is 9.13. The van der Waals surface area contributed by atoms with E-state index in [4.69, 9.17) is 5.73 Å². The lowest BCUT2D eigenvalue weighted by molar-refractivity contribution is 0.0541. The van der Waals surface area contributed by atoms with Crippen LogP contribution in [0.1, 0.15) is 35.2 Å². The fraction of sp³-hybridized carbons (Fsp3) is 0.381. The Labute approximate surface area is 149 Å². The monoisotopic (exact) mass is 335 g/mol. The van der Waals surface area contributed by atoms with Crippen LogP contribution in [0.15, 0.2) is 48.5 Å². The number of piperidine rings is 1. The minimum Gasteiger partial charge on any atom is -0.339 e. The van der Waals surface area contributed by atoms with Crippen molar-refractivity contribution in [2.45, 2.75) is 31.3 Å². The number of nitrogens with one attached hydrogen (secondary N) is 1. The van der Waals surface area contributed by atoms with Gasteiger partial charge in [-0.05, 0) is 54.6 Å². The molecule has 4 heteroatoms. The van der Waals surface area contributed by atoms with Crippen molar-refractivity contribution in [3.63, 3.8) is 0 Å². The first-order valence-electron chi connectivity index (χ1n) is 9.13. The van der Waals surface area contributed by atoms with Crippen LogP contribution in [-0.2, 0) is 6.54 Å². The second kappa shape index (κ2) is 6.62. The molecule has 25 heavy (non-hydrogen) atoms. The molecule has 2 aromatic carbocycles. The van der Waals surface area contributed by atoms with Gasteiger partial charge in [-0.15, -0.1) is 0 Å². The van der Waals surface area contributed by atoms with Crippen LogP contribution in [-0.4, -0.2) is 36.0 Å². The summed E-state index contributed by atoms with van der Waals surface area (Å²) in [5.41, 5.74) is 10.3. The lowest BCUT2D eigenvalue weighted by Gasteiger charge is -2.48. The molecule has 0 unspecified atom stereocenters. The maximum Gasteiger partial charge on any atom is 0.253 e. The zero-order valence-corrected chi connectivity index (χ0v) is 14.5. The van der Waals surface area contributed by atoms with Crippen LogP contribution in [0.3, 0.4) is 0 Å². The molecule has 0 aliphatic carbocycles. The molecular weight excluding hydrogens is 310 g/mol. The van der Waals surface area contributed by atoms with Gasteiger partial charge in [0.1, 0.15) is 0 Å². The fourth-order valence-electron chi connectivity index (χ4n) is 4.00. The number of nitrogens with zero attached hydrogens (tertiary/aromatic N) is 1. The van der Waals surface area contributed by atoms with Crippen LogP contribution < -0.4 is 11.1 Å². The highest BCUT2D eigenvalue weighted by Crippen LogP contribution is 2.31. The minimum atomic E-state index is 0.146. The molecule has 1 amide bonds. The number of rotatable bonds is 3. The van der Waals surface area contributed by atoms with E-state index in [2.05, 4.69) is 11.4 Å². The third kappa shape index (κ3) is 3.08. The maximum absolute atomic E-state index is 12.8. The predicted molar refractivity (Wildman–Crippen MR) is 100 cm³/mol. The van der Waals surface area contributed by atoms with Crippen molar-refractivity contribution < 1.29 is 4.79 Å². The van der Waals surface area contributed by atoms with Crippen LogP contribution in [0, 0.1) is 0 Å². The Morgan fingerprint density at radius 2 is 1.72 bits per heavy atom. The van der Waals surface area contributed by atoms with Crippen molar-refractivity contribution in [1.82, 2.24) is 10.2 Å². The smallest absolute Gasteiger partial charge is 0.253 e. The molecule has 4 nitrogen and oxygen atoms in total. The molecule has 0 radical (unpaired) electrons. The topological polar surface area (TPSA) is 58.4 Å². The second-order valence-electron chi connectivity index (χ2n) is 7.19. The number of nitrogens with two attached hydrogens (primary N) is 1. The average Bonchev–Trinajstić information content (AvgIpc) is 2.66. The number of carbonyl (C=O) groups excluding carboxylic acids is 1. The Morgan fingerprint density at radius 1 is 1.04 bits per heavy atom. The van der Waals surface area contributed by atoms with Gasteiger partial charge in [-0.1, -0.05) is 36.4 Å². The molecule has 3 N–H and O–H groups in total. The molecule has 1 spiro atoms. The molecule has 2 fully saturated rings. The van der Waals surface area contributed by atoms with E-state index in [0.717, 1.165) is 54.7 Å². The number of carbonyl (C=O) groups is 1. The zero-order chi connectivity index (χ0) is 17.3. The molecule has 0 aromatic heterocycles. The second-order valence-corrected chi connectivity index (χ2v) is 7.19.